The predicted molar refractivity (Wildman–Crippen MR) is 112 cm³/mol. The molecule has 2 aromatic carbocycles. The SMILES string of the molecule is OCC1(CCOc2ccccc2)CCN(Cc2cc3ccccc3s2)CC1. The fraction of sp³-hybridized carbons (Fsp3) is 0.391. The van der Waals surface area contributed by atoms with E-state index in [9.17, 15) is 5.11 Å². The van der Waals surface area contributed by atoms with Crippen LogP contribution in [0.5, 0.6) is 5.75 Å². The summed E-state index contributed by atoms with van der Waals surface area (Å²) in [6.07, 6.45) is 2.98. The molecule has 27 heavy (non-hydrogen) atoms. The molecule has 1 saturated heterocycles. The van der Waals surface area contributed by atoms with Crippen LogP contribution in [0.4, 0.5) is 0 Å². The molecule has 0 spiro atoms. The highest BCUT2D eigenvalue weighted by Gasteiger charge is 2.34. The topological polar surface area (TPSA) is 32.7 Å². The number of aliphatic hydroxyl groups is 1. The summed E-state index contributed by atoms with van der Waals surface area (Å²) in [4.78, 5) is 3.96. The van der Waals surface area contributed by atoms with E-state index in [1.165, 1.54) is 15.0 Å². The van der Waals surface area contributed by atoms with E-state index in [2.05, 4.69) is 35.2 Å². The molecule has 0 saturated carbocycles. The molecule has 0 aliphatic carbocycles. The maximum Gasteiger partial charge on any atom is 0.119 e. The number of aliphatic hydroxyl groups excluding tert-OH is 1. The average Bonchev–Trinajstić information content (AvgIpc) is 3.13. The lowest BCUT2D eigenvalue weighted by Crippen LogP contribution is -2.42. The highest BCUT2D eigenvalue weighted by molar-refractivity contribution is 7.19. The minimum Gasteiger partial charge on any atom is -0.494 e. The van der Waals surface area contributed by atoms with E-state index in [4.69, 9.17) is 4.74 Å². The summed E-state index contributed by atoms with van der Waals surface area (Å²) in [5, 5.41) is 11.4. The predicted octanol–water partition coefficient (Wildman–Crippen LogP) is 4.94. The molecule has 3 aromatic rings. The molecule has 1 fully saturated rings. The molecule has 1 aliphatic rings. The summed E-state index contributed by atoms with van der Waals surface area (Å²) in [6, 6.07) is 20.9. The number of fused-ring (bicyclic) bond motifs is 1. The van der Waals surface area contributed by atoms with Crippen LogP contribution in [-0.2, 0) is 6.54 Å². The van der Waals surface area contributed by atoms with Gasteiger partial charge in [0, 0.05) is 22.7 Å². The van der Waals surface area contributed by atoms with Crippen LogP contribution in [0.1, 0.15) is 24.1 Å². The minimum atomic E-state index is 0.00540. The third-order valence-electron chi connectivity index (χ3n) is 5.75. The van der Waals surface area contributed by atoms with Crippen molar-refractivity contribution in [2.24, 2.45) is 5.41 Å². The van der Waals surface area contributed by atoms with Gasteiger partial charge in [0.05, 0.1) is 6.61 Å². The summed E-state index contributed by atoms with van der Waals surface area (Å²) in [6.45, 7) is 4.02. The minimum absolute atomic E-state index is 0.00540. The molecule has 3 nitrogen and oxygen atoms in total. The first kappa shape index (κ1) is 18.5. The first-order valence-corrected chi connectivity index (χ1v) is 10.6. The Morgan fingerprint density at radius 2 is 1.74 bits per heavy atom. The van der Waals surface area contributed by atoms with Crippen molar-refractivity contribution in [2.45, 2.75) is 25.8 Å². The van der Waals surface area contributed by atoms with Gasteiger partial charge in [-0.1, -0.05) is 36.4 Å². The number of hydrogen-bond donors (Lipinski definition) is 1. The summed E-state index contributed by atoms with van der Waals surface area (Å²) in [5.41, 5.74) is 0.00540. The average molecular weight is 382 g/mol. The van der Waals surface area contributed by atoms with Crippen LogP contribution in [0, 0.1) is 5.41 Å². The van der Waals surface area contributed by atoms with Crippen LogP contribution < -0.4 is 4.74 Å². The second-order valence-corrected chi connectivity index (χ2v) is 8.76. The van der Waals surface area contributed by atoms with E-state index in [0.29, 0.717) is 6.61 Å². The Kier molecular flexibility index (Phi) is 5.77. The Labute approximate surface area is 165 Å². The number of thiophene rings is 1. The van der Waals surface area contributed by atoms with Gasteiger partial charge < -0.3 is 9.84 Å². The molecular weight excluding hydrogens is 354 g/mol. The molecule has 0 unspecified atom stereocenters. The highest BCUT2D eigenvalue weighted by Crippen LogP contribution is 2.36. The number of likely N-dealkylation sites (tertiary alicyclic amines) is 1. The lowest BCUT2D eigenvalue weighted by Gasteiger charge is -2.40. The van der Waals surface area contributed by atoms with Gasteiger partial charge in [0.15, 0.2) is 0 Å². The summed E-state index contributed by atoms with van der Waals surface area (Å²) >= 11 is 1.90. The fourth-order valence-electron chi connectivity index (χ4n) is 3.91. The zero-order valence-electron chi connectivity index (χ0n) is 15.6. The van der Waals surface area contributed by atoms with Gasteiger partial charge >= 0.3 is 0 Å². The number of nitrogens with zero attached hydrogens (tertiary/aromatic N) is 1. The molecule has 0 atom stereocenters. The Hall–Kier alpha value is -1.88. The second-order valence-electron chi connectivity index (χ2n) is 7.60. The molecule has 142 valence electrons. The molecule has 0 radical (unpaired) electrons. The van der Waals surface area contributed by atoms with E-state index in [1.54, 1.807) is 0 Å². The van der Waals surface area contributed by atoms with Gasteiger partial charge in [-0.2, -0.15) is 0 Å². The standard InChI is InChI=1S/C23H27NO2S/c25-18-23(12-15-26-20-7-2-1-3-8-20)10-13-24(14-11-23)17-21-16-19-6-4-5-9-22(19)27-21/h1-9,16,25H,10-15,17-18H2. The Morgan fingerprint density at radius 1 is 1.00 bits per heavy atom. The van der Waals surface area contributed by atoms with Gasteiger partial charge in [-0.15, -0.1) is 11.3 Å². The van der Waals surface area contributed by atoms with Crippen molar-refractivity contribution in [3.63, 3.8) is 0 Å². The number of para-hydroxylation sites is 1. The summed E-state index contributed by atoms with van der Waals surface area (Å²) < 4.78 is 7.24. The van der Waals surface area contributed by atoms with Gasteiger partial charge in [0.1, 0.15) is 5.75 Å². The highest BCUT2D eigenvalue weighted by atomic mass is 32.1. The number of hydrogen-bond acceptors (Lipinski definition) is 4. The smallest absolute Gasteiger partial charge is 0.119 e. The van der Waals surface area contributed by atoms with Crippen molar-refractivity contribution < 1.29 is 9.84 Å². The zero-order valence-corrected chi connectivity index (χ0v) is 16.5. The van der Waals surface area contributed by atoms with Crippen molar-refractivity contribution >= 4 is 21.4 Å². The fourth-order valence-corrected chi connectivity index (χ4v) is 5.02. The molecule has 2 heterocycles. The summed E-state index contributed by atoms with van der Waals surface area (Å²) in [5.74, 6) is 0.910. The first-order valence-electron chi connectivity index (χ1n) is 9.75. The Balaban J connectivity index is 1.29. The number of rotatable bonds is 7. The van der Waals surface area contributed by atoms with Crippen LogP contribution in [0.3, 0.4) is 0 Å². The maximum absolute atomic E-state index is 10.0. The van der Waals surface area contributed by atoms with E-state index >= 15 is 0 Å². The number of ether oxygens (including phenoxy) is 1. The van der Waals surface area contributed by atoms with E-state index in [1.807, 2.05) is 41.7 Å². The van der Waals surface area contributed by atoms with Crippen molar-refractivity contribution in [3.8, 4) is 5.75 Å². The Bertz CT molecular complexity index is 820. The van der Waals surface area contributed by atoms with E-state index in [0.717, 1.165) is 44.6 Å². The lowest BCUT2D eigenvalue weighted by molar-refractivity contribution is 0.0246. The third-order valence-corrected chi connectivity index (χ3v) is 6.85. The number of benzene rings is 2. The molecule has 0 amide bonds. The van der Waals surface area contributed by atoms with Gasteiger partial charge in [0.2, 0.25) is 0 Å². The zero-order chi connectivity index (χ0) is 18.5. The first-order chi connectivity index (χ1) is 13.3. The van der Waals surface area contributed by atoms with Gasteiger partial charge in [-0.05, 0) is 67.4 Å². The van der Waals surface area contributed by atoms with Gasteiger partial charge in [-0.25, -0.2) is 0 Å². The largest absolute Gasteiger partial charge is 0.494 e. The lowest BCUT2D eigenvalue weighted by atomic mass is 9.76. The van der Waals surface area contributed by atoms with Gasteiger partial charge in [-0.3, -0.25) is 4.90 Å². The van der Waals surface area contributed by atoms with E-state index < -0.39 is 0 Å². The van der Waals surface area contributed by atoms with E-state index in [-0.39, 0.29) is 12.0 Å². The summed E-state index contributed by atoms with van der Waals surface area (Å²) in [7, 11) is 0. The van der Waals surface area contributed by atoms with Crippen molar-refractivity contribution in [1.82, 2.24) is 4.90 Å². The molecule has 4 rings (SSSR count). The monoisotopic (exact) mass is 381 g/mol. The van der Waals surface area contributed by atoms with Crippen LogP contribution in [0.2, 0.25) is 0 Å². The van der Waals surface area contributed by atoms with Crippen LogP contribution >= 0.6 is 11.3 Å². The molecule has 4 heteroatoms. The van der Waals surface area contributed by atoms with Crippen molar-refractivity contribution in [3.05, 3.63) is 65.5 Å². The third kappa shape index (κ3) is 4.52. The molecule has 0 bridgehead atoms. The van der Waals surface area contributed by atoms with Gasteiger partial charge in [0.25, 0.3) is 0 Å². The maximum atomic E-state index is 10.0. The quantitative estimate of drug-likeness (QED) is 0.629. The van der Waals surface area contributed by atoms with Crippen LogP contribution in [0.15, 0.2) is 60.7 Å². The Morgan fingerprint density at radius 3 is 2.48 bits per heavy atom. The molecule has 1 N–H and O–H groups in total. The second kappa shape index (κ2) is 8.42. The number of piperidine rings is 1. The normalized spacial score (nSPS) is 17.2. The van der Waals surface area contributed by atoms with Crippen molar-refractivity contribution in [1.29, 1.82) is 0 Å². The molecule has 1 aliphatic heterocycles. The van der Waals surface area contributed by atoms with Crippen LogP contribution in [-0.4, -0.2) is 36.3 Å². The van der Waals surface area contributed by atoms with Crippen molar-refractivity contribution in [2.75, 3.05) is 26.3 Å². The molecule has 1 aromatic heterocycles. The molecular formula is C23H27NO2S. The van der Waals surface area contributed by atoms with Crippen LogP contribution in [0.25, 0.3) is 10.1 Å².